The Bertz CT molecular complexity index is 953. The summed E-state index contributed by atoms with van der Waals surface area (Å²) in [4.78, 5) is 25.8. The number of rotatable bonds is 4. The lowest BCUT2D eigenvalue weighted by Crippen LogP contribution is -2.30. The second-order valence-corrected chi connectivity index (χ2v) is 8.34. The molecule has 1 aliphatic carbocycles. The largest absolute Gasteiger partial charge is 0.496 e. The topological polar surface area (TPSA) is 67.4 Å². The fourth-order valence-corrected chi connectivity index (χ4v) is 4.58. The number of carbonyl (C=O) groups excluding carboxylic acids is 2. The van der Waals surface area contributed by atoms with Gasteiger partial charge in [0.2, 0.25) is 0 Å². The summed E-state index contributed by atoms with van der Waals surface area (Å²) in [5.41, 5.74) is 3.76. The van der Waals surface area contributed by atoms with Crippen LogP contribution in [0.4, 0.5) is 5.69 Å². The number of carbonyl (C=O) groups is 2. The first kappa shape index (κ1) is 19.6. The van der Waals surface area contributed by atoms with Gasteiger partial charge in [0.05, 0.1) is 12.6 Å². The molecule has 1 heterocycles. The van der Waals surface area contributed by atoms with Gasteiger partial charge in [-0.05, 0) is 61.6 Å². The van der Waals surface area contributed by atoms with E-state index in [1.165, 1.54) is 22.9 Å². The van der Waals surface area contributed by atoms with Gasteiger partial charge in [0.25, 0.3) is 11.8 Å². The molecule has 2 N–H and O–H groups in total. The number of aryl methyl sites for hydroxylation is 1. The maximum Gasteiger partial charge on any atom is 0.265 e. The summed E-state index contributed by atoms with van der Waals surface area (Å²) in [5.74, 6) is 1.15. The summed E-state index contributed by atoms with van der Waals surface area (Å²) in [6, 6.07) is 15.3. The zero-order valence-electron chi connectivity index (χ0n) is 16.4. The molecule has 0 spiro atoms. The lowest BCUT2D eigenvalue weighted by atomic mass is 9.87. The molecule has 5 nitrogen and oxygen atoms in total. The van der Waals surface area contributed by atoms with Crippen molar-refractivity contribution in [2.45, 2.75) is 32.2 Å². The van der Waals surface area contributed by atoms with Crippen LogP contribution in [0.3, 0.4) is 0 Å². The Hall–Kier alpha value is -2.73. The first-order chi connectivity index (χ1) is 14.1. The summed E-state index contributed by atoms with van der Waals surface area (Å²) in [7, 11) is 0. The molecule has 150 valence electrons. The molecular weight excluding hydrogens is 384 g/mol. The molecule has 1 atom stereocenters. The molecule has 0 aromatic heterocycles. The monoisotopic (exact) mass is 408 g/mol. The molecule has 0 fully saturated rings. The molecular formula is C23H24N2O3S. The van der Waals surface area contributed by atoms with Crippen LogP contribution in [0.1, 0.15) is 47.3 Å². The third-order valence-corrected chi connectivity index (χ3v) is 6.39. The Morgan fingerprint density at radius 1 is 1.07 bits per heavy atom. The van der Waals surface area contributed by atoms with E-state index in [1.807, 2.05) is 12.1 Å². The van der Waals surface area contributed by atoms with Crippen LogP contribution in [0.5, 0.6) is 0 Å². The van der Waals surface area contributed by atoms with Gasteiger partial charge < -0.3 is 15.4 Å². The Morgan fingerprint density at radius 2 is 1.86 bits per heavy atom. The first-order valence-electron chi connectivity index (χ1n) is 9.88. The Morgan fingerprint density at radius 3 is 2.66 bits per heavy atom. The predicted octanol–water partition coefficient (Wildman–Crippen LogP) is 4.43. The molecule has 0 radical (unpaired) electrons. The molecule has 1 aliphatic heterocycles. The maximum absolute atomic E-state index is 12.7. The number of allylic oxidation sites excluding steroid dienone is 1. The van der Waals surface area contributed by atoms with E-state index in [9.17, 15) is 9.59 Å². The van der Waals surface area contributed by atoms with Gasteiger partial charge in [0.15, 0.2) is 0 Å². The van der Waals surface area contributed by atoms with Crippen LogP contribution in [-0.2, 0) is 16.0 Å². The van der Waals surface area contributed by atoms with Crippen LogP contribution >= 0.6 is 11.8 Å². The van der Waals surface area contributed by atoms with Gasteiger partial charge in [-0.15, -0.1) is 11.8 Å². The number of ether oxygens (including phenoxy) is 1. The number of anilines is 1. The molecule has 29 heavy (non-hydrogen) atoms. The van der Waals surface area contributed by atoms with E-state index in [1.54, 1.807) is 31.2 Å². The minimum absolute atomic E-state index is 0.0464. The van der Waals surface area contributed by atoms with Crippen molar-refractivity contribution in [3.8, 4) is 0 Å². The van der Waals surface area contributed by atoms with Gasteiger partial charge in [0, 0.05) is 17.0 Å². The zero-order chi connectivity index (χ0) is 20.2. The highest BCUT2D eigenvalue weighted by molar-refractivity contribution is 8.04. The van der Waals surface area contributed by atoms with Crippen molar-refractivity contribution in [3.63, 3.8) is 0 Å². The Labute approximate surface area is 174 Å². The predicted molar refractivity (Wildman–Crippen MR) is 116 cm³/mol. The van der Waals surface area contributed by atoms with Crippen LogP contribution < -0.4 is 10.6 Å². The van der Waals surface area contributed by atoms with Gasteiger partial charge in [0.1, 0.15) is 10.7 Å². The molecule has 6 heteroatoms. The van der Waals surface area contributed by atoms with Crippen molar-refractivity contribution >= 4 is 29.3 Å². The maximum atomic E-state index is 12.7. The average Bonchev–Trinajstić information content (AvgIpc) is 2.75. The van der Waals surface area contributed by atoms with Crippen molar-refractivity contribution in [3.05, 3.63) is 75.9 Å². The number of thioether (sulfide) groups is 1. The normalized spacial score (nSPS) is 18.4. The second kappa shape index (κ2) is 8.74. The highest BCUT2D eigenvalue weighted by Crippen LogP contribution is 2.30. The molecule has 2 aromatic rings. The minimum Gasteiger partial charge on any atom is -0.496 e. The van der Waals surface area contributed by atoms with E-state index in [4.69, 9.17) is 4.74 Å². The minimum atomic E-state index is -0.178. The van der Waals surface area contributed by atoms with Crippen LogP contribution in [0.25, 0.3) is 0 Å². The molecule has 4 rings (SSSR count). The number of benzene rings is 2. The first-order valence-corrected chi connectivity index (χ1v) is 10.9. The number of amides is 2. The van der Waals surface area contributed by atoms with E-state index in [0.717, 1.165) is 25.0 Å². The molecule has 0 bridgehead atoms. The Balaban J connectivity index is 1.40. The van der Waals surface area contributed by atoms with E-state index in [2.05, 4.69) is 22.8 Å². The van der Waals surface area contributed by atoms with E-state index >= 15 is 0 Å². The van der Waals surface area contributed by atoms with Gasteiger partial charge in [-0.2, -0.15) is 0 Å². The highest BCUT2D eigenvalue weighted by atomic mass is 32.2. The molecule has 0 saturated heterocycles. The standard InChI is InChI=1S/C23H24N2O3S/c1-15-21(29-14-13-28-15)23(27)24-18-11-9-17(10-12-18)22(26)25-20-8-4-6-16-5-2-3-7-19(16)20/h2-3,5,7,9-12,20H,4,6,8,13-14H2,1H3,(H,24,27)(H,25,26)/t20-/m1/s1. The van der Waals surface area contributed by atoms with E-state index in [-0.39, 0.29) is 17.9 Å². The number of fused-ring (bicyclic) bond motifs is 1. The van der Waals surface area contributed by atoms with Gasteiger partial charge >= 0.3 is 0 Å². The second-order valence-electron chi connectivity index (χ2n) is 7.23. The van der Waals surface area contributed by atoms with Crippen molar-refractivity contribution in [1.29, 1.82) is 0 Å². The van der Waals surface area contributed by atoms with Crippen LogP contribution in [0.15, 0.2) is 59.2 Å². The fraction of sp³-hybridized carbons (Fsp3) is 0.304. The van der Waals surface area contributed by atoms with E-state index < -0.39 is 0 Å². The summed E-state index contributed by atoms with van der Waals surface area (Å²) in [6.45, 7) is 2.43. The lowest BCUT2D eigenvalue weighted by molar-refractivity contribution is -0.112. The van der Waals surface area contributed by atoms with Gasteiger partial charge in [-0.1, -0.05) is 24.3 Å². The third-order valence-electron chi connectivity index (χ3n) is 5.25. The SMILES string of the molecule is CC1=C(C(=O)Nc2ccc(C(=O)N[C@@H]3CCCc4ccccc43)cc2)SCCO1. The van der Waals surface area contributed by atoms with E-state index in [0.29, 0.717) is 28.5 Å². The highest BCUT2D eigenvalue weighted by Gasteiger charge is 2.22. The van der Waals surface area contributed by atoms with Gasteiger partial charge in [-0.25, -0.2) is 0 Å². The Kier molecular flexibility index (Phi) is 5.90. The fourth-order valence-electron chi connectivity index (χ4n) is 3.77. The molecule has 0 saturated carbocycles. The molecule has 2 aromatic carbocycles. The van der Waals surface area contributed by atoms with Crippen LogP contribution in [-0.4, -0.2) is 24.2 Å². The lowest BCUT2D eigenvalue weighted by Gasteiger charge is -2.26. The quantitative estimate of drug-likeness (QED) is 0.786. The van der Waals surface area contributed by atoms with Crippen molar-refractivity contribution in [2.24, 2.45) is 0 Å². The third kappa shape index (κ3) is 4.48. The summed E-state index contributed by atoms with van der Waals surface area (Å²) < 4.78 is 5.44. The number of hydrogen-bond acceptors (Lipinski definition) is 4. The van der Waals surface area contributed by atoms with Gasteiger partial charge in [-0.3, -0.25) is 9.59 Å². The average molecular weight is 409 g/mol. The van der Waals surface area contributed by atoms with Crippen molar-refractivity contribution < 1.29 is 14.3 Å². The zero-order valence-corrected chi connectivity index (χ0v) is 17.2. The van der Waals surface area contributed by atoms with Crippen molar-refractivity contribution in [2.75, 3.05) is 17.7 Å². The van der Waals surface area contributed by atoms with Crippen LogP contribution in [0, 0.1) is 0 Å². The number of nitrogens with one attached hydrogen (secondary N) is 2. The molecule has 0 unspecified atom stereocenters. The summed E-state index contributed by atoms with van der Waals surface area (Å²) in [6.07, 6.45) is 3.09. The van der Waals surface area contributed by atoms with Crippen LogP contribution in [0.2, 0.25) is 0 Å². The summed E-state index contributed by atoms with van der Waals surface area (Å²) in [5, 5.41) is 6.03. The molecule has 2 aliphatic rings. The molecule has 2 amide bonds. The summed E-state index contributed by atoms with van der Waals surface area (Å²) >= 11 is 1.50. The van der Waals surface area contributed by atoms with Crippen molar-refractivity contribution in [1.82, 2.24) is 5.32 Å². The number of hydrogen-bond donors (Lipinski definition) is 2. The smallest absolute Gasteiger partial charge is 0.265 e.